The highest BCUT2D eigenvalue weighted by atomic mass is 19.1. The molecule has 1 aromatic rings. The highest BCUT2D eigenvalue weighted by molar-refractivity contribution is 5.22. The lowest BCUT2D eigenvalue weighted by Crippen LogP contribution is -2.43. The molecule has 0 amide bonds. The van der Waals surface area contributed by atoms with Gasteiger partial charge < -0.3 is 5.73 Å². The molecule has 0 heterocycles. The number of rotatable bonds is 7. The number of benzene rings is 1. The van der Waals surface area contributed by atoms with Crippen LogP contribution in [0.1, 0.15) is 51.1 Å². The Balaban J connectivity index is 2.20. The zero-order valence-electron chi connectivity index (χ0n) is 12.7. The summed E-state index contributed by atoms with van der Waals surface area (Å²) in [6.45, 7) is 6.33. The van der Waals surface area contributed by atoms with Gasteiger partial charge in [-0.3, -0.25) is 4.90 Å². The monoisotopic (exact) mass is 278 g/mol. The number of nitrogens with two attached hydrogens (primary N) is 1. The number of hydrogen-bond acceptors (Lipinski definition) is 2. The Hall–Kier alpha value is -0.930. The maximum Gasteiger partial charge on any atom is 0.123 e. The molecular formula is C17H27FN2. The molecule has 1 aliphatic carbocycles. The maximum absolute atomic E-state index is 13.5. The first kappa shape index (κ1) is 15.5. The fourth-order valence-corrected chi connectivity index (χ4v) is 3.09. The third kappa shape index (κ3) is 3.58. The van der Waals surface area contributed by atoms with Crippen LogP contribution in [-0.2, 0) is 0 Å². The van der Waals surface area contributed by atoms with E-state index in [0.29, 0.717) is 0 Å². The van der Waals surface area contributed by atoms with Gasteiger partial charge in [-0.15, -0.1) is 0 Å². The minimum absolute atomic E-state index is 0.0526. The summed E-state index contributed by atoms with van der Waals surface area (Å²) in [5.74, 6) is 0.630. The summed E-state index contributed by atoms with van der Waals surface area (Å²) in [7, 11) is 0. The van der Waals surface area contributed by atoms with Crippen molar-refractivity contribution < 1.29 is 4.39 Å². The molecule has 1 aromatic carbocycles. The predicted molar refractivity (Wildman–Crippen MR) is 82.0 cm³/mol. The average molecular weight is 278 g/mol. The molecule has 0 aromatic heterocycles. The molecule has 1 aliphatic rings. The fourth-order valence-electron chi connectivity index (χ4n) is 3.09. The molecule has 2 unspecified atom stereocenters. The second kappa shape index (κ2) is 7.19. The molecule has 2 rings (SSSR count). The van der Waals surface area contributed by atoms with Crippen LogP contribution in [0.5, 0.6) is 0 Å². The van der Waals surface area contributed by atoms with E-state index in [9.17, 15) is 4.39 Å². The standard InChI is InChI=1S/C17H27FN2/c1-3-16(19)17(14-9-6-10-15(18)11-14)20(4-2)12-13-7-5-8-13/h6,9-11,13,16-17H,3-5,7-8,12,19H2,1-2H3. The van der Waals surface area contributed by atoms with E-state index in [1.54, 1.807) is 12.1 Å². The largest absolute Gasteiger partial charge is 0.326 e. The summed E-state index contributed by atoms with van der Waals surface area (Å²) in [5.41, 5.74) is 7.36. The highest BCUT2D eigenvalue weighted by Gasteiger charge is 2.28. The van der Waals surface area contributed by atoms with Crippen molar-refractivity contribution in [1.29, 1.82) is 0 Å². The molecule has 112 valence electrons. The molecular weight excluding hydrogens is 251 g/mol. The Morgan fingerprint density at radius 1 is 1.35 bits per heavy atom. The van der Waals surface area contributed by atoms with Gasteiger partial charge in [0.25, 0.3) is 0 Å². The molecule has 0 radical (unpaired) electrons. The van der Waals surface area contributed by atoms with Gasteiger partial charge in [-0.1, -0.05) is 32.4 Å². The van der Waals surface area contributed by atoms with Crippen molar-refractivity contribution in [3.63, 3.8) is 0 Å². The van der Waals surface area contributed by atoms with Gasteiger partial charge in [-0.05, 0) is 49.4 Å². The SMILES string of the molecule is CCC(N)C(c1cccc(F)c1)N(CC)CC1CCC1. The van der Waals surface area contributed by atoms with Gasteiger partial charge in [0.2, 0.25) is 0 Å². The summed E-state index contributed by atoms with van der Waals surface area (Å²) < 4.78 is 13.5. The first-order valence-electron chi connectivity index (χ1n) is 7.90. The molecule has 1 fully saturated rings. The molecule has 0 spiro atoms. The zero-order valence-corrected chi connectivity index (χ0v) is 12.7. The van der Waals surface area contributed by atoms with E-state index in [1.165, 1.54) is 25.3 Å². The number of hydrogen-bond donors (Lipinski definition) is 1. The van der Waals surface area contributed by atoms with Gasteiger partial charge >= 0.3 is 0 Å². The van der Waals surface area contributed by atoms with Crippen LogP contribution in [0, 0.1) is 11.7 Å². The van der Waals surface area contributed by atoms with Crippen molar-refractivity contribution in [2.75, 3.05) is 13.1 Å². The van der Waals surface area contributed by atoms with Crippen LogP contribution >= 0.6 is 0 Å². The van der Waals surface area contributed by atoms with E-state index in [-0.39, 0.29) is 17.9 Å². The van der Waals surface area contributed by atoms with Gasteiger partial charge in [0.05, 0.1) is 0 Å². The summed E-state index contributed by atoms with van der Waals surface area (Å²) in [6, 6.07) is 7.12. The summed E-state index contributed by atoms with van der Waals surface area (Å²) in [6.07, 6.45) is 4.91. The highest BCUT2D eigenvalue weighted by Crippen LogP contribution is 2.32. The van der Waals surface area contributed by atoms with E-state index in [4.69, 9.17) is 5.73 Å². The average Bonchev–Trinajstić information content (AvgIpc) is 2.40. The van der Waals surface area contributed by atoms with E-state index >= 15 is 0 Å². The smallest absolute Gasteiger partial charge is 0.123 e. The number of halogens is 1. The Morgan fingerprint density at radius 3 is 2.60 bits per heavy atom. The van der Waals surface area contributed by atoms with Gasteiger partial charge in [0.15, 0.2) is 0 Å². The second-order valence-electron chi connectivity index (χ2n) is 5.96. The van der Waals surface area contributed by atoms with Crippen molar-refractivity contribution >= 4 is 0 Å². The van der Waals surface area contributed by atoms with Crippen LogP contribution in [0.25, 0.3) is 0 Å². The molecule has 0 aliphatic heterocycles. The quantitative estimate of drug-likeness (QED) is 0.823. The minimum atomic E-state index is -0.171. The van der Waals surface area contributed by atoms with Gasteiger partial charge in [-0.2, -0.15) is 0 Å². The predicted octanol–water partition coefficient (Wildman–Crippen LogP) is 3.73. The molecule has 2 atom stereocenters. The zero-order chi connectivity index (χ0) is 14.5. The normalized spacial score (nSPS) is 18.9. The first-order chi connectivity index (χ1) is 9.65. The number of nitrogens with zero attached hydrogens (tertiary/aromatic N) is 1. The Labute approximate surface area is 122 Å². The Morgan fingerprint density at radius 2 is 2.10 bits per heavy atom. The van der Waals surface area contributed by atoms with Crippen LogP contribution in [-0.4, -0.2) is 24.0 Å². The second-order valence-corrected chi connectivity index (χ2v) is 5.96. The van der Waals surface area contributed by atoms with Crippen molar-refractivity contribution in [1.82, 2.24) is 4.90 Å². The van der Waals surface area contributed by atoms with Crippen molar-refractivity contribution in [2.24, 2.45) is 11.7 Å². The van der Waals surface area contributed by atoms with Gasteiger partial charge in [-0.25, -0.2) is 4.39 Å². The third-order valence-electron chi connectivity index (χ3n) is 4.58. The third-order valence-corrected chi connectivity index (χ3v) is 4.58. The van der Waals surface area contributed by atoms with Crippen LogP contribution in [0.3, 0.4) is 0 Å². The van der Waals surface area contributed by atoms with E-state index in [2.05, 4.69) is 18.7 Å². The van der Waals surface area contributed by atoms with Gasteiger partial charge in [0.1, 0.15) is 5.82 Å². The van der Waals surface area contributed by atoms with Crippen LogP contribution in [0.2, 0.25) is 0 Å². The molecule has 2 N–H and O–H groups in total. The van der Waals surface area contributed by atoms with Crippen LogP contribution in [0.4, 0.5) is 4.39 Å². The van der Waals surface area contributed by atoms with Crippen LogP contribution < -0.4 is 5.73 Å². The van der Waals surface area contributed by atoms with E-state index in [0.717, 1.165) is 31.0 Å². The van der Waals surface area contributed by atoms with Crippen molar-refractivity contribution in [3.8, 4) is 0 Å². The summed E-state index contributed by atoms with van der Waals surface area (Å²) >= 11 is 0. The van der Waals surface area contributed by atoms with Crippen molar-refractivity contribution in [3.05, 3.63) is 35.6 Å². The number of likely N-dealkylation sites (N-methyl/N-ethyl adjacent to an activating group) is 1. The fraction of sp³-hybridized carbons (Fsp3) is 0.647. The minimum Gasteiger partial charge on any atom is -0.326 e. The van der Waals surface area contributed by atoms with Crippen LogP contribution in [0.15, 0.2) is 24.3 Å². The van der Waals surface area contributed by atoms with E-state index in [1.807, 2.05) is 6.07 Å². The molecule has 3 heteroatoms. The summed E-state index contributed by atoms with van der Waals surface area (Å²) in [5, 5.41) is 0. The van der Waals surface area contributed by atoms with Crippen molar-refractivity contribution in [2.45, 2.75) is 51.6 Å². The lowest BCUT2D eigenvalue weighted by molar-refractivity contribution is 0.121. The Kier molecular flexibility index (Phi) is 5.55. The maximum atomic E-state index is 13.5. The van der Waals surface area contributed by atoms with E-state index < -0.39 is 0 Å². The lowest BCUT2D eigenvalue weighted by Gasteiger charge is -2.39. The topological polar surface area (TPSA) is 29.3 Å². The van der Waals surface area contributed by atoms with Gasteiger partial charge in [0, 0.05) is 18.6 Å². The first-order valence-corrected chi connectivity index (χ1v) is 7.90. The summed E-state index contributed by atoms with van der Waals surface area (Å²) in [4.78, 5) is 2.44. The molecule has 2 nitrogen and oxygen atoms in total. The lowest BCUT2D eigenvalue weighted by atomic mass is 9.84. The molecule has 1 saturated carbocycles. The Bertz CT molecular complexity index is 417. The molecule has 0 saturated heterocycles. The molecule has 0 bridgehead atoms. The molecule has 20 heavy (non-hydrogen) atoms.